The van der Waals surface area contributed by atoms with Crippen molar-refractivity contribution in [2.24, 2.45) is 0 Å². The molecule has 0 aromatic heterocycles. The highest BCUT2D eigenvalue weighted by Crippen LogP contribution is 2.30. The summed E-state index contributed by atoms with van der Waals surface area (Å²) in [7, 11) is 0. The van der Waals surface area contributed by atoms with E-state index in [9.17, 15) is 26.7 Å². The third kappa shape index (κ3) is 3.68. The molecule has 0 saturated heterocycles. The Morgan fingerprint density at radius 2 is 1.89 bits per heavy atom. The van der Waals surface area contributed by atoms with Crippen molar-refractivity contribution in [3.8, 4) is 0 Å². The second kappa shape index (κ2) is 5.32. The van der Waals surface area contributed by atoms with Gasteiger partial charge < -0.3 is 5.32 Å². The van der Waals surface area contributed by atoms with E-state index < -0.39 is 30.1 Å². The number of hydrogen-bond donors (Lipinski definition) is 1. The van der Waals surface area contributed by atoms with E-state index in [-0.39, 0.29) is 5.56 Å². The van der Waals surface area contributed by atoms with Crippen molar-refractivity contribution in [2.45, 2.75) is 25.6 Å². The zero-order valence-corrected chi connectivity index (χ0v) is 9.26. The molecule has 1 amide bonds. The second-order valence-corrected chi connectivity index (χ2v) is 3.65. The van der Waals surface area contributed by atoms with Crippen molar-refractivity contribution in [1.82, 2.24) is 5.32 Å². The summed E-state index contributed by atoms with van der Waals surface area (Å²) in [4.78, 5) is 10.7. The highest BCUT2D eigenvalue weighted by molar-refractivity contribution is 5.79. The van der Waals surface area contributed by atoms with Crippen LogP contribution in [0.1, 0.15) is 24.1 Å². The van der Waals surface area contributed by atoms with Crippen LogP contribution in [0.5, 0.6) is 0 Å². The van der Waals surface area contributed by atoms with Crippen molar-refractivity contribution in [3.63, 3.8) is 0 Å². The molecule has 0 aliphatic carbocycles. The third-order valence-corrected chi connectivity index (χ3v) is 2.27. The summed E-state index contributed by atoms with van der Waals surface area (Å²) >= 11 is 0. The standard InChI is InChI=1S/C11H10F5NO/c1-6(17-10(18)9(12)13)7-3-2-4-8(5-7)11(14,15)16/h2-6,9H,1H3,(H,17,18). The number of hydrogen-bond acceptors (Lipinski definition) is 1. The molecule has 0 saturated carbocycles. The van der Waals surface area contributed by atoms with Crippen LogP contribution >= 0.6 is 0 Å². The number of nitrogens with one attached hydrogen (secondary N) is 1. The Kier molecular flexibility index (Phi) is 4.26. The van der Waals surface area contributed by atoms with Gasteiger partial charge in [-0.1, -0.05) is 12.1 Å². The summed E-state index contributed by atoms with van der Waals surface area (Å²) in [5.41, 5.74) is -0.781. The van der Waals surface area contributed by atoms with Gasteiger partial charge in [-0.3, -0.25) is 4.79 Å². The van der Waals surface area contributed by atoms with Crippen LogP contribution in [0.3, 0.4) is 0 Å². The summed E-state index contributed by atoms with van der Waals surface area (Å²) in [5, 5.41) is 1.92. The number of rotatable bonds is 3. The van der Waals surface area contributed by atoms with Gasteiger partial charge >= 0.3 is 12.6 Å². The third-order valence-electron chi connectivity index (χ3n) is 2.27. The summed E-state index contributed by atoms with van der Waals surface area (Å²) in [6.45, 7) is 1.33. The largest absolute Gasteiger partial charge is 0.416 e. The van der Waals surface area contributed by atoms with Crippen LogP contribution in [0.2, 0.25) is 0 Å². The number of alkyl halides is 5. The van der Waals surface area contributed by atoms with Gasteiger partial charge in [0, 0.05) is 0 Å². The molecule has 0 radical (unpaired) electrons. The van der Waals surface area contributed by atoms with Gasteiger partial charge in [0.1, 0.15) is 0 Å². The van der Waals surface area contributed by atoms with E-state index in [1.165, 1.54) is 13.0 Å². The SMILES string of the molecule is CC(NC(=O)C(F)F)c1cccc(C(F)(F)F)c1. The van der Waals surface area contributed by atoms with Crippen LogP contribution in [0, 0.1) is 0 Å². The average molecular weight is 267 g/mol. The first kappa shape index (κ1) is 14.4. The molecular formula is C11H10F5NO. The molecule has 0 fully saturated rings. The maximum atomic E-state index is 12.4. The zero-order valence-electron chi connectivity index (χ0n) is 9.26. The van der Waals surface area contributed by atoms with Crippen molar-refractivity contribution in [1.29, 1.82) is 0 Å². The molecule has 0 heterocycles. The lowest BCUT2D eigenvalue weighted by atomic mass is 10.0. The van der Waals surface area contributed by atoms with Gasteiger partial charge in [0.2, 0.25) is 0 Å². The molecule has 0 aliphatic rings. The van der Waals surface area contributed by atoms with Gasteiger partial charge in [0.15, 0.2) is 0 Å². The van der Waals surface area contributed by atoms with E-state index in [0.29, 0.717) is 0 Å². The predicted molar refractivity (Wildman–Crippen MR) is 54.0 cm³/mol. The van der Waals surface area contributed by atoms with Gasteiger partial charge in [-0.25, -0.2) is 0 Å². The summed E-state index contributed by atoms with van der Waals surface area (Å²) in [6, 6.07) is 3.24. The molecule has 0 spiro atoms. The van der Waals surface area contributed by atoms with Crippen molar-refractivity contribution < 1.29 is 26.7 Å². The smallest absolute Gasteiger partial charge is 0.345 e. The van der Waals surface area contributed by atoms with Crippen LogP contribution < -0.4 is 5.32 Å². The maximum absolute atomic E-state index is 12.4. The number of carbonyl (C=O) groups is 1. The first-order valence-corrected chi connectivity index (χ1v) is 4.97. The minimum atomic E-state index is -4.51. The van der Waals surface area contributed by atoms with Crippen molar-refractivity contribution in [3.05, 3.63) is 35.4 Å². The summed E-state index contributed by atoms with van der Waals surface area (Å²) in [6.07, 6.45) is -7.71. The molecule has 0 aliphatic heterocycles. The Morgan fingerprint density at radius 3 is 2.39 bits per heavy atom. The molecular weight excluding hydrogens is 257 g/mol. The van der Waals surface area contributed by atoms with E-state index in [0.717, 1.165) is 18.2 Å². The molecule has 18 heavy (non-hydrogen) atoms. The van der Waals surface area contributed by atoms with Gasteiger partial charge in [-0.05, 0) is 24.6 Å². The Bertz CT molecular complexity index is 430. The van der Waals surface area contributed by atoms with Crippen LogP contribution in [0.15, 0.2) is 24.3 Å². The van der Waals surface area contributed by atoms with Crippen LogP contribution in [-0.4, -0.2) is 12.3 Å². The summed E-state index contributed by atoms with van der Waals surface area (Å²) in [5.74, 6) is -1.51. The highest BCUT2D eigenvalue weighted by Gasteiger charge is 2.31. The molecule has 0 bridgehead atoms. The van der Waals surface area contributed by atoms with Crippen molar-refractivity contribution >= 4 is 5.91 Å². The Morgan fingerprint density at radius 1 is 1.28 bits per heavy atom. The molecule has 1 rings (SSSR count). The average Bonchev–Trinajstić information content (AvgIpc) is 2.27. The molecule has 1 atom stereocenters. The van der Waals surface area contributed by atoms with Gasteiger partial charge in [0.05, 0.1) is 11.6 Å². The quantitative estimate of drug-likeness (QED) is 0.837. The van der Waals surface area contributed by atoms with E-state index in [4.69, 9.17) is 0 Å². The van der Waals surface area contributed by atoms with Crippen LogP contribution in [0.4, 0.5) is 22.0 Å². The molecule has 100 valence electrons. The number of halogens is 5. The highest BCUT2D eigenvalue weighted by atomic mass is 19.4. The monoisotopic (exact) mass is 267 g/mol. The first-order valence-electron chi connectivity index (χ1n) is 4.97. The minimum absolute atomic E-state index is 0.110. The van der Waals surface area contributed by atoms with E-state index >= 15 is 0 Å². The maximum Gasteiger partial charge on any atom is 0.416 e. The van der Waals surface area contributed by atoms with Gasteiger partial charge in [-0.15, -0.1) is 0 Å². The lowest BCUT2D eigenvalue weighted by Crippen LogP contribution is -2.31. The normalized spacial score (nSPS) is 13.5. The zero-order chi connectivity index (χ0) is 13.9. The molecule has 1 unspecified atom stereocenters. The first-order chi connectivity index (χ1) is 8.21. The topological polar surface area (TPSA) is 29.1 Å². The van der Waals surface area contributed by atoms with Crippen molar-refractivity contribution in [2.75, 3.05) is 0 Å². The summed E-state index contributed by atoms with van der Waals surface area (Å²) < 4.78 is 61.2. The molecule has 1 aromatic rings. The molecule has 2 nitrogen and oxygen atoms in total. The van der Waals surface area contributed by atoms with Crippen LogP contribution in [0.25, 0.3) is 0 Å². The Hall–Kier alpha value is -1.66. The fraction of sp³-hybridized carbons (Fsp3) is 0.364. The predicted octanol–water partition coefficient (Wildman–Crippen LogP) is 3.15. The molecule has 1 N–H and O–H groups in total. The lowest BCUT2D eigenvalue weighted by Gasteiger charge is -2.15. The second-order valence-electron chi connectivity index (χ2n) is 3.65. The Balaban J connectivity index is 2.87. The van der Waals surface area contributed by atoms with E-state index in [1.807, 2.05) is 5.32 Å². The Labute approximate surface area is 99.8 Å². The number of benzene rings is 1. The van der Waals surface area contributed by atoms with E-state index in [1.54, 1.807) is 0 Å². The number of amides is 1. The van der Waals surface area contributed by atoms with Crippen LogP contribution in [-0.2, 0) is 11.0 Å². The number of carbonyl (C=O) groups excluding carboxylic acids is 1. The minimum Gasteiger partial charge on any atom is -0.345 e. The lowest BCUT2D eigenvalue weighted by molar-refractivity contribution is -0.137. The molecule has 7 heteroatoms. The fourth-order valence-electron chi connectivity index (χ4n) is 1.34. The van der Waals surface area contributed by atoms with Gasteiger partial charge in [-0.2, -0.15) is 22.0 Å². The van der Waals surface area contributed by atoms with Gasteiger partial charge in [0.25, 0.3) is 5.91 Å². The molecule has 1 aromatic carbocycles. The van der Waals surface area contributed by atoms with E-state index in [2.05, 4.69) is 0 Å². The fourth-order valence-corrected chi connectivity index (χ4v) is 1.34.